The molecule has 0 rings (SSSR count). The quantitative estimate of drug-likeness (QED) is 0.517. The summed E-state index contributed by atoms with van der Waals surface area (Å²) in [6.45, 7) is 1.65. The molecular formula is C9H20O7P2. The highest BCUT2D eigenvalue weighted by Crippen LogP contribution is 2.64. The van der Waals surface area contributed by atoms with Gasteiger partial charge in [-0.05, 0) is 13.3 Å². The lowest BCUT2D eigenvalue weighted by molar-refractivity contribution is 0.196. The third kappa shape index (κ3) is 6.25. The van der Waals surface area contributed by atoms with Crippen LogP contribution in [0.1, 0.15) is 13.3 Å². The number of phosphoric ester groups is 1. The van der Waals surface area contributed by atoms with Crippen molar-refractivity contribution < 1.29 is 32.1 Å². The molecule has 0 aliphatic heterocycles. The lowest BCUT2D eigenvalue weighted by Gasteiger charge is -2.19. The van der Waals surface area contributed by atoms with Crippen LogP contribution in [0.5, 0.6) is 0 Å². The van der Waals surface area contributed by atoms with Crippen LogP contribution in [0.4, 0.5) is 0 Å². The van der Waals surface area contributed by atoms with E-state index in [9.17, 15) is 9.13 Å². The Hall–Kier alpha value is -0.0000000000000000416. The van der Waals surface area contributed by atoms with Gasteiger partial charge < -0.3 is 9.63 Å². The largest absolute Gasteiger partial charge is 0.481 e. The van der Waals surface area contributed by atoms with Crippen LogP contribution in [-0.4, -0.2) is 39.2 Å². The predicted octanol–water partition coefficient (Wildman–Crippen LogP) is 2.57. The molecule has 0 spiro atoms. The Morgan fingerprint density at radius 2 is 1.72 bits per heavy atom. The van der Waals surface area contributed by atoms with Crippen molar-refractivity contribution in [2.45, 2.75) is 13.3 Å². The highest BCUT2D eigenvalue weighted by molar-refractivity contribution is 7.64. The number of aliphatic hydroxyl groups excluding tert-OH is 1. The van der Waals surface area contributed by atoms with Gasteiger partial charge in [0.05, 0.1) is 12.8 Å². The van der Waals surface area contributed by atoms with Gasteiger partial charge in [0, 0.05) is 21.3 Å². The summed E-state index contributed by atoms with van der Waals surface area (Å²) in [5.41, 5.74) is 0.735. The molecule has 0 heterocycles. The fourth-order valence-corrected chi connectivity index (χ4v) is 4.12. The molecule has 0 aliphatic carbocycles. The first kappa shape index (κ1) is 18.0. The average molecular weight is 302 g/mol. The molecule has 0 saturated heterocycles. The van der Waals surface area contributed by atoms with E-state index in [2.05, 4.69) is 9.05 Å². The van der Waals surface area contributed by atoms with Crippen LogP contribution in [0, 0.1) is 0 Å². The summed E-state index contributed by atoms with van der Waals surface area (Å²) in [5.74, 6) is 0. The minimum absolute atomic E-state index is 0.0115. The average Bonchev–Trinajstić information content (AvgIpc) is 2.38. The Kier molecular flexibility index (Phi) is 8.23. The molecule has 0 radical (unpaired) electrons. The van der Waals surface area contributed by atoms with Crippen molar-refractivity contribution in [3.8, 4) is 0 Å². The molecule has 0 aromatic rings. The van der Waals surface area contributed by atoms with E-state index in [0.29, 0.717) is 6.42 Å². The van der Waals surface area contributed by atoms with Crippen LogP contribution in [0.3, 0.4) is 0 Å². The van der Waals surface area contributed by atoms with E-state index < -0.39 is 15.4 Å². The number of hydrogen-bond donors (Lipinski definition) is 1. The molecule has 18 heavy (non-hydrogen) atoms. The van der Waals surface area contributed by atoms with Gasteiger partial charge in [-0.15, -0.1) is 0 Å². The van der Waals surface area contributed by atoms with E-state index in [1.807, 2.05) is 0 Å². The molecule has 9 heteroatoms. The Balaban J connectivity index is 4.63. The van der Waals surface area contributed by atoms with Gasteiger partial charge in [-0.3, -0.25) is 13.6 Å². The number of aliphatic hydroxyl groups is 1. The van der Waals surface area contributed by atoms with E-state index in [1.165, 1.54) is 7.11 Å². The van der Waals surface area contributed by atoms with Crippen molar-refractivity contribution in [1.82, 2.24) is 0 Å². The molecule has 108 valence electrons. The SMILES string of the molecule is COP(=O)(CCC=C(C)CO)OP(=O)(OC)OC. The molecular weight excluding hydrogens is 282 g/mol. The lowest BCUT2D eigenvalue weighted by Crippen LogP contribution is -1.99. The fraction of sp³-hybridized carbons (Fsp3) is 0.778. The van der Waals surface area contributed by atoms with E-state index >= 15 is 0 Å². The number of phosphoric acid groups is 1. The van der Waals surface area contributed by atoms with Crippen LogP contribution in [0.15, 0.2) is 11.6 Å². The Labute approximate surface area is 107 Å². The second kappa shape index (κ2) is 8.23. The third-order valence-corrected chi connectivity index (χ3v) is 6.15. The molecule has 7 nitrogen and oxygen atoms in total. The second-order valence-corrected chi connectivity index (χ2v) is 7.72. The highest BCUT2D eigenvalue weighted by Gasteiger charge is 2.36. The fourth-order valence-electron chi connectivity index (χ4n) is 0.993. The minimum Gasteiger partial charge on any atom is -0.392 e. The summed E-state index contributed by atoms with van der Waals surface area (Å²) in [4.78, 5) is 0. The van der Waals surface area contributed by atoms with Crippen LogP contribution >= 0.6 is 15.4 Å². The monoisotopic (exact) mass is 302 g/mol. The molecule has 0 bridgehead atoms. The van der Waals surface area contributed by atoms with Gasteiger partial charge in [-0.1, -0.05) is 11.6 Å². The summed E-state index contributed by atoms with van der Waals surface area (Å²) in [5, 5.41) is 8.80. The van der Waals surface area contributed by atoms with Gasteiger partial charge in [0.25, 0.3) is 0 Å². The molecule has 0 amide bonds. The summed E-state index contributed by atoms with van der Waals surface area (Å²) in [7, 11) is -3.97. The molecule has 0 fully saturated rings. The maximum absolute atomic E-state index is 12.1. The second-order valence-electron chi connectivity index (χ2n) is 3.41. The van der Waals surface area contributed by atoms with Crippen LogP contribution < -0.4 is 0 Å². The standard InChI is InChI=1S/C9H20O7P2/c1-9(8-10)6-5-7-17(11,13-2)16-18(12,14-3)15-4/h6,10H,5,7-8H2,1-4H3. The number of rotatable bonds is 9. The van der Waals surface area contributed by atoms with Crippen molar-refractivity contribution in [1.29, 1.82) is 0 Å². The molecule has 0 saturated carbocycles. The molecule has 0 aromatic heterocycles. The van der Waals surface area contributed by atoms with Crippen molar-refractivity contribution >= 4 is 15.4 Å². The minimum atomic E-state index is -3.85. The Bertz CT molecular complexity index is 358. The Morgan fingerprint density at radius 3 is 2.11 bits per heavy atom. The Morgan fingerprint density at radius 1 is 1.17 bits per heavy atom. The van der Waals surface area contributed by atoms with E-state index in [4.69, 9.17) is 13.9 Å². The zero-order chi connectivity index (χ0) is 14.2. The smallest absolute Gasteiger partial charge is 0.392 e. The van der Waals surface area contributed by atoms with Crippen LogP contribution in [0.2, 0.25) is 0 Å². The van der Waals surface area contributed by atoms with Crippen molar-refractivity contribution in [3.05, 3.63) is 11.6 Å². The van der Waals surface area contributed by atoms with Crippen LogP contribution in [-0.2, 0) is 27.0 Å². The van der Waals surface area contributed by atoms with Crippen molar-refractivity contribution in [2.75, 3.05) is 34.1 Å². The van der Waals surface area contributed by atoms with E-state index in [1.54, 1.807) is 13.0 Å². The van der Waals surface area contributed by atoms with E-state index in [0.717, 1.165) is 19.8 Å². The predicted molar refractivity (Wildman–Crippen MR) is 67.7 cm³/mol. The normalized spacial score (nSPS) is 16.6. The summed E-state index contributed by atoms with van der Waals surface area (Å²) in [6.07, 6.45) is 2.06. The first-order chi connectivity index (χ1) is 8.34. The van der Waals surface area contributed by atoms with Gasteiger partial charge in [0.15, 0.2) is 0 Å². The van der Waals surface area contributed by atoms with Gasteiger partial charge >= 0.3 is 15.4 Å². The molecule has 0 aliphatic rings. The maximum Gasteiger partial charge on any atom is 0.481 e. The van der Waals surface area contributed by atoms with Crippen LogP contribution in [0.25, 0.3) is 0 Å². The zero-order valence-corrected chi connectivity index (χ0v) is 12.8. The van der Waals surface area contributed by atoms with Crippen molar-refractivity contribution in [2.24, 2.45) is 0 Å². The number of allylic oxidation sites excluding steroid dienone is 1. The number of hydrogen-bond acceptors (Lipinski definition) is 7. The first-order valence-corrected chi connectivity index (χ1v) is 8.37. The summed E-state index contributed by atoms with van der Waals surface area (Å²) >= 11 is 0. The van der Waals surface area contributed by atoms with Gasteiger partial charge in [0.2, 0.25) is 0 Å². The lowest BCUT2D eigenvalue weighted by atomic mass is 10.3. The van der Waals surface area contributed by atoms with E-state index in [-0.39, 0.29) is 12.8 Å². The summed E-state index contributed by atoms with van der Waals surface area (Å²) < 4.78 is 42.5. The zero-order valence-electron chi connectivity index (χ0n) is 11.0. The third-order valence-electron chi connectivity index (χ3n) is 2.09. The molecule has 0 aromatic carbocycles. The first-order valence-electron chi connectivity index (χ1n) is 5.19. The summed E-state index contributed by atoms with van der Waals surface area (Å²) in [6, 6.07) is 0. The molecule has 1 N–H and O–H groups in total. The van der Waals surface area contributed by atoms with Crippen molar-refractivity contribution in [3.63, 3.8) is 0 Å². The van der Waals surface area contributed by atoms with Gasteiger partial charge in [-0.25, -0.2) is 8.88 Å². The highest BCUT2D eigenvalue weighted by atomic mass is 31.3. The topological polar surface area (TPSA) is 91.3 Å². The maximum atomic E-state index is 12.1. The molecule has 1 atom stereocenters. The van der Waals surface area contributed by atoms with Gasteiger partial charge in [0.1, 0.15) is 0 Å². The van der Waals surface area contributed by atoms with Gasteiger partial charge in [-0.2, -0.15) is 0 Å². The molecule has 1 unspecified atom stereocenters.